The number of carboxylic acids is 2. The predicted molar refractivity (Wildman–Crippen MR) is 159 cm³/mol. The van der Waals surface area contributed by atoms with E-state index in [4.69, 9.17) is 14.6 Å². The third-order valence-corrected chi connectivity index (χ3v) is 8.45. The molecule has 0 saturated carbocycles. The van der Waals surface area contributed by atoms with Crippen molar-refractivity contribution in [2.75, 3.05) is 14.2 Å². The Morgan fingerprint density at radius 3 is 2.25 bits per heavy atom. The van der Waals surface area contributed by atoms with Gasteiger partial charge >= 0.3 is 11.9 Å². The topological polar surface area (TPSA) is 93.1 Å². The van der Waals surface area contributed by atoms with Gasteiger partial charge in [-0.3, -0.25) is 0 Å². The van der Waals surface area contributed by atoms with Gasteiger partial charge in [0, 0.05) is 20.6 Å². The van der Waals surface area contributed by atoms with Gasteiger partial charge in [-0.05, 0) is 76.8 Å². The summed E-state index contributed by atoms with van der Waals surface area (Å²) in [6, 6.07) is 9.71. The van der Waals surface area contributed by atoms with Gasteiger partial charge in [0.05, 0.1) is 25.3 Å². The van der Waals surface area contributed by atoms with Crippen LogP contribution in [0.3, 0.4) is 0 Å². The molecule has 0 fully saturated rings. The fourth-order valence-electron chi connectivity index (χ4n) is 4.99. The molecule has 0 amide bonds. The summed E-state index contributed by atoms with van der Waals surface area (Å²) in [5, 5.41) is 18.2. The highest BCUT2D eigenvalue weighted by Crippen LogP contribution is 2.51. The van der Waals surface area contributed by atoms with Crippen molar-refractivity contribution >= 4 is 36.3 Å². The normalized spacial score (nSPS) is 17.8. The Morgan fingerprint density at radius 1 is 0.875 bits per heavy atom. The van der Waals surface area contributed by atoms with E-state index in [-0.39, 0.29) is 17.0 Å². The summed E-state index contributed by atoms with van der Waals surface area (Å²) in [5.41, 5.74) is 7.04. The van der Waals surface area contributed by atoms with Crippen LogP contribution in [0.4, 0.5) is 0 Å². The van der Waals surface area contributed by atoms with Crippen molar-refractivity contribution in [3.05, 3.63) is 129 Å². The highest BCUT2D eigenvalue weighted by atomic mass is 32.2. The molecule has 2 N–H and O–H groups in total. The van der Waals surface area contributed by atoms with Crippen LogP contribution in [0.2, 0.25) is 0 Å². The first-order valence-corrected chi connectivity index (χ1v) is 13.7. The van der Waals surface area contributed by atoms with E-state index in [1.165, 1.54) is 52.8 Å². The summed E-state index contributed by atoms with van der Waals surface area (Å²) >= 11 is 5.49. The van der Waals surface area contributed by atoms with Gasteiger partial charge in [-0.15, -0.1) is 12.6 Å². The molecule has 4 aliphatic rings. The van der Waals surface area contributed by atoms with Crippen LogP contribution in [-0.2, 0) is 0 Å². The molecule has 0 heterocycles. The molecule has 0 bridgehead atoms. The number of thiol groups is 1. The first-order chi connectivity index (χ1) is 19.3. The first kappa shape index (κ1) is 27.4. The summed E-state index contributed by atoms with van der Waals surface area (Å²) < 4.78 is 10.2. The van der Waals surface area contributed by atoms with Gasteiger partial charge in [0.25, 0.3) is 0 Å². The number of aromatic carboxylic acids is 2. The molecule has 1 unspecified atom stereocenters. The second kappa shape index (κ2) is 11.5. The van der Waals surface area contributed by atoms with Crippen molar-refractivity contribution in [3.8, 4) is 11.5 Å². The molecule has 4 aliphatic carbocycles. The third kappa shape index (κ3) is 5.33. The Hall–Kier alpha value is -4.14. The van der Waals surface area contributed by atoms with E-state index >= 15 is 0 Å². The number of allylic oxidation sites excluding steroid dienone is 13. The lowest BCUT2D eigenvalue weighted by atomic mass is 9.69. The Kier molecular flexibility index (Phi) is 7.91. The molecule has 8 heteroatoms. The number of carbonyl (C=O) groups is 2. The molecule has 6 nitrogen and oxygen atoms in total. The highest BCUT2D eigenvalue weighted by Gasteiger charge is 2.35. The molecule has 1 atom stereocenters. The molecule has 0 spiro atoms. The van der Waals surface area contributed by atoms with Gasteiger partial charge in [-0.25, -0.2) is 9.59 Å². The van der Waals surface area contributed by atoms with Crippen LogP contribution in [0.5, 0.6) is 11.5 Å². The van der Waals surface area contributed by atoms with E-state index in [1.54, 1.807) is 37.4 Å². The molecule has 40 heavy (non-hydrogen) atoms. The number of methoxy groups -OCH3 is 2. The quantitative estimate of drug-likeness (QED) is 0.314. The zero-order chi connectivity index (χ0) is 28.4. The predicted octanol–water partition coefficient (Wildman–Crippen LogP) is 7.30. The number of ether oxygens (including phenoxy) is 2. The molecule has 6 rings (SSSR count). The summed E-state index contributed by atoms with van der Waals surface area (Å²) in [5.74, 6) is -0.424. The summed E-state index contributed by atoms with van der Waals surface area (Å²) in [6.07, 6.45) is 18.4. The zero-order valence-electron chi connectivity index (χ0n) is 21.8. The van der Waals surface area contributed by atoms with Gasteiger partial charge in [-0.2, -0.15) is 0 Å². The second-order valence-corrected chi connectivity index (χ2v) is 10.8. The van der Waals surface area contributed by atoms with Crippen LogP contribution in [-0.4, -0.2) is 36.4 Å². The van der Waals surface area contributed by atoms with Gasteiger partial charge < -0.3 is 19.7 Å². The van der Waals surface area contributed by atoms with E-state index in [9.17, 15) is 14.7 Å². The van der Waals surface area contributed by atoms with Crippen molar-refractivity contribution in [2.24, 2.45) is 5.92 Å². The SMILES string of the molecule is COc1ccc(C(=O)O)c(S)c1.COc1ccc(C(=O)O)c(SC2=CC=C3C=CC4=C5C(=CC=C2C35)CC=C4)c1. The molecule has 0 aliphatic heterocycles. The van der Waals surface area contributed by atoms with Crippen LogP contribution in [0.15, 0.2) is 128 Å². The lowest BCUT2D eigenvalue weighted by molar-refractivity contribution is 0.0682. The zero-order valence-corrected chi connectivity index (χ0v) is 23.5. The van der Waals surface area contributed by atoms with E-state index in [2.05, 4.69) is 61.2 Å². The first-order valence-electron chi connectivity index (χ1n) is 12.4. The van der Waals surface area contributed by atoms with Gasteiger partial charge in [-0.1, -0.05) is 54.3 Å². The van der Waals surface area contributed by atoms with Crippen molar-refractivity contribution in [3.63, 3.8) is 0 Å². The monoisotopic (exact) mass is 570 g/mol. The Morgan fingerprint density at radius 2 is 1.57 bits per heavy atom. The Bertz CT molecular complexity index is 1630. The van der Waals surface area contributed by atoms with E-state index in [0.29, 0.717) is 21.3 Å². The van der Waals surface area contributed by atoms with E-state index in [1.807, 2.05) is 0 Å². The van der Waals surface area contributed by atoms with Crippen LogP contribution < -0.4 is 9.47 Å². The van der Waals surface area contributed by atoms with Gasteiger partial charge in [0.1, 0.15) is 11.5 Å². The minimum Gasteiger partial charge on any atom is -0.497 e. The Balaban J connectivity index is 0.000000227. The lowest BCUT2D eigenvalue weighted by Crippen LogP contribution is -2.22. The van der Waals surface area contributed by atoms with Crippen LogP contribution in [0.25, 0.3) is 0 Å². The fourth-order valence-corrected chi connectivity index (χ4v) is 6.40. The van der Waals surface area contributed by atoms with Crippen LogP contribution in [0, 0.1) is 5.92 Å². The highest BCUT2D eigenvalue weighted by molar-refractivity contribution is 8.03. The number of hydrogen-bond acceptors (Lipinski definition) is 6. The lowest BCUT2D eigenvalue weighted by Gasteiger charge is -2.37. The molecule has 0 aromatic heterocycles. The maximum Gasteiger partial charge on any atom is 0.336 e. The van der Waals surface area contributed by atoms with E-state index < -0.39 is 11.9 Å². The maximum atomic E-state index is 11.7. The van der Waals surface area contributed by atoms with Crippen LogP contribution >= 0.6 is 24.4 Å². The molecule has 2 aromatic carbocycles. The molecular weight excluding hydrogens is 544 g/mol. The summed E-state index contributed by atoms with van der Waals surface area (Å²) in [4.78, 5) is 24.4. The summed E-state index contributed by atoms with van der Waals surface area (Å²) in [7, 11) is 3.11. The number of rotatable bonds is 6. The van der Waals surface area contributed by atoms with Crippen LogP contribution in [0.1, 0.15) is 27.1 Å². The maximum absolute atomic E-state index is 11.7. The molecule has 2 aromatic rings. The second-order valence-electron chi connectivity index (χ2n) is 9.21. The van der Waals surface area contributed by atoms with Crippen molar-refractivity contribution in [2.45, 2.75) is 16.2 Å². The minimum absolute atomic E-state index is 0.180. The standard InChI is InChI=1S/C24H18O3S.C8H8O3S/c1-27-17-9-11-19(24(25)26)21(13-17)28-20-12-8-16-6-5-14-3-2-4-15-7-10-18(20)23(16)22(14)15;1-11-5-2-3-6(8(9)10)7(12)4-5/h2-3,5-13,23H,4H2,1H3,(H,25,26);2-4,12H,1H3,(H,9,10). The number of thioether (sulfide) groups is 1. The number of hydrogen-bond donors (Lipinski definition) is 3. The average Bonchev–Trinajstić information content (AvgIpc) is 2.96. The molecular formula is C32H26O6S2. The van der Waals surface area contributed by atoms with Crippen molar-refractivity contribution in [1.29, 1.82) is 0 Å². The minimum atomic E-state index is -0.984. The van der Waals surface area contributed by atoms with Crippen molar-refractivity contribution < 1.29 is 29.3 Å². The Labute approximate surface area is 241 Å². The third-order valence-electron chi connectivity index (χ3n) is 6.93. The number of benzene rings is 2. The molecule has 202 valence electrons. The van der Waals surface area contributed by atoms with E-state index in [0.717, 1.165) is 11.3 Å². The molecule has 0 saturated heterocycles. The van der Waals surface area contributed by atoms with Crippen molar-refractivity contribution in [1.82, 2.24) is 0 Å². The molecule has 0 radical (unpaired) electrons. The summed E-state index contributed by atoms with van der Waals surface area (Å²) in [6.45, 7) is 0. The fraction of sp³-hybridized carbons (Fsp3) is 0.125. The largest absolute Gasteiger partial charge is 0.497 e. The van der Waals surface area contributed by atoms with Gasteiger partial charge in [0.15, 0.2) is 0 Å². The smallest absolute Gasteiger partial charge is 0.336 e. The number of carboxylic acid groups (broad SMARTS) is 2. The van der Waals surface area contributed by atoms with Gasteiger partial charge in [0.2, 0.25) is 0 Å². The average molecular weight is 571 g/mol.